The molecule has 0 aliphatic rings. The van der Waals surface area contributed by atoms with Crippen molar-refractivity contribution in [2.45, 2.75) is 30.8 Å². The number of hydrogen-bond donors (Lipinski definition) is 2. The molecule has 1 rings (SSSR count). The van der Waals surface area contributed by atoms with E-state index >= 15 is 0 Å². The van der Waals surface area contributed by atoms with Crippen LogP contribution >= 0.6 is 24.2 Å². The maximum Gasteiger partial charge on any atom is 0.277 e. The Labute approximate surface area is 140 Å². The van der Waals surface area contributed by atoms with Crippen molar-refractivity contribution in [3.8, 4) is 0 Å². The molecule has 1 aromatic rings. The normalized spacial score (nSPS) is 12.6. The van der Waals surface area contributed by atoms with Gasteiger partial charge in [-0.2, -0.15) is 0 Å². The first-order valence-electron chi connectivity index (χ1n) is 6.87. The van der Waals surface area contributed by atoms with Crippen molar-refractivity contribution >= 4 is 30.1 Å². The first-order chi connectivity index (χ1) is 9.85. The standard InChI is InChI=1S/C15H22F2N2OS.ClH/c1-11(2)13(14(20)19-10-15(16,17)9-18)21-8-12-6-4-3-5-7-12;/h3-7,11,13H,8-10,18H2,1-2H3,(H,19,20);1H. The zero-order valence-corrected chi connectivity index (χ0v) is 14.4. The lowest BCUT2D eigenvalue weighted by Crippen LogP contribution is -2.45. The Morgan fingerprint density at radius 2 is 1.91 bits per heavy atom. The molecule has 3 N–H and O–H groups in total. The number of rotatable bonds is 8. The van der Waals surface area contributed by atoms with Gasteiger partial charge in [-0.25, -0.2) is 8.78 Å². The third kappa shape index (κ3) is 7.42. The number of carbonyl (C=O) groups excluding carboxylic acids is 1. The molecule has 1 amide bonds. The summed E-state index contributed by atoms with van der Waals surface area (Å²) >= 11 is 1.46. The number of hydrogen-bond acceptors (Lipinski definition) is 3. The van der Waals surface area contributed by atoms with Crippen LogP contribution in [0.15, 0.2) is 30.3 Å². The summed E-state index contributed by atoms with van der Waals surface area (Å²) in [5.74, 6) is -2.68. The van der Waals surface area contributed by atoms with Gasteiger partial charge in [0.1, 0.15) is 0 Å². The third-order valence-corrected chi connectivity index (χ3v) is 4.57. The minimum atomic E-state index is -3.05. The summed E-state index contributed by atoms with van der Waals surface area (Å²) in [6.45, 7) is 2.33. The lowest BCUT2D eigenvalue weighted by molar-refractivity contribution is -0.123. The number of alkyl halides is 2. The van der Waals surface area contributed by atoms with Crippen LogP contribution in [0.25, 0.3) is 0 Å². The molecule has 0 bridgehead atoms. The summed E-state index contributed by atoms with van der Waals surface area (Å²) in [5, 5.41) is 1.94. The molecule has 22 heavy (non-hydrogen) atoms. The molecule has 1 atom stereocenters. The van der Waals surface area contributed by atoms with Crippen molar-refractivity contribution in [2.75, 3.05) is 13.1 Å². The molecule has 0 saturated heterocycles. The van der Waals surface area contributed by atoms with E-state index in [2.05, 4.69) is 5.32 Å². The molecule has 0 saturated carbocycles. The Balaban J connectivity index is 0.00000441. The Hall–Kier alpha value is -0.850. The van der Waals surface area contributed by atoms with Crippen molar-refractivity contribution in [3.05, 3.63) is 35.9 Å². The monoisotopic (exact) mass is 352 g/mol. The van der Waals surface area contributed by atoms with E-state index in [1.165, 1.54) is 11.8 Å². The van der Waals surface area contributed by atoms with Crippen LogP contribution in [-0.2, 0) is 10.5 Å². The van der Waals surface area contributed by atoms with Gasteiger partial charge in [0.2, 0.25) is 5.91 Å². The summed E-state index contributed by atoms with van der Waals surface area (Å²) in [5.41, 5.74) is 6.06. The summed E-state index contributed by atoms with van der Waals surface area (Å²) < 4.78 is 26.2. The van der Waals surface area contributed by atoms with Crippen LogP contribution in [0.2, 0.25) is 0 Å². The minimum Gasteiger partial charge on any atom is -0.349 e. The van der Waals surface area contributed by atoms with Crippen molar-refractivity contribution < 1.29 is 13.6 Å². The minimum absolute atomic E-state index is 0. The molecule has 1 unspecified atom stereocenters. The van der Waals surface area contributed by atoms with Gasteiger partial charge < -0.3 is 11.1 Å². The number of thioether (sulfide) groups is 1. The Morgan fingerprint density at radius 1 is 1.32 bits per heavy atom. The summed E-state index contributed by atoms with van der Waals surface area (Å²) in [6.07, 6.45) is 0. The predicted octanol–water partition coefficient (Wildman–Crippen LogP) is 3.08. The first kappa shape index (κ1) is 21.1. The second-order valence-electron chi connectivity index (χ2n) is 5.24. The van der Waals surface area contributed by atoms with E-state index in [-0.39, 0.29) is 29.5 Å². The highest BCUT2D eigenvalue weighted by Gasteiger charge is 2.30. The highest BCUT2D eigenvalue weighted by Crippen LogP contribution is 2.24. The molecular weight excluding hydrogens is 330 g/mol. The maximum atomic E-state index is 13.1. The fraction of sp³-hybridized carbons (Fsp3) is 0.533. The van der Waals surface area contributed by atoms with Crippen LogP contribution in [0.1, 0.15) is 19.4 Å². The molecule has 0 aromatic heterocycles. The number of benzene rings is 1. The molecule has 0 aliphatic heterocycles. The largest absolute Gasteiger partial charge is 0.349 e. The maximum absolute atomic E-state index is 13.1. The number of amides is 1. The molecule has 1 aromatic carbocycles. The zero-order chi connectivity index (χ0) is 15.9. The Kier molecular flexibility index (Phi) is 9.64. The third-order valence-electron chi connectivity index (χ3n) is 2.96. The van der Waals surface area contributed by atoms with Crippen LogP contribution in [0.5, 0.6) is 0 Å². The number of nitrogens with one attached hydrogen (secondary N) is 1. The summed E-state index contributed by atoms with van der Waals surface area (Å²) in [7, 11) is 0. The van der Waals surface area contributed by atoms with Gasteiger partial charge in [0.25, 0.3) is 5.92 Å². The van der Waals surface area contributed by atoms with Crippen LogP contribution in [0.4, 0.5) is 8.78 Å². The van der Waals surface area contributed by atoms with E-state index in [9.17, 15) is 13.6 Å². The van der Waals surface area contributed by atoms with Crippen molar-refractivity contribution in [3.63, 3.8) is 0 Å². The van der Waals surface area contributed by atoms with Crippen molar-refractivity contribution in [1.29, 1.82) is 0 Å². The lowest BCUT2D eigenvalue weighted by atomic mass is 10.1. The van der Waals surface area contributed by atoms with E-state index in [1.807, 2.05) is 44.2 Å². The van der Waals surface area contributed by atoms with E-state index in [4.69, 9.17) is 5.73 Å². The predicted molar refractivity (Wildman–Crippen MR) is 90.6 cm³/mol. The number of halogens is 3. The summed E-state index contributed by atoms with van der Waals surface area (Å²) in [6, 6.07) is 9.75. The molecule has 126 valence electrons. The smallest absolute Gasteiger partial charge is 0.277 e. The highest BCUT2D eigenvalue weighted by atomic mass is 35.5. The van der Waals surface area contributed by atoms with Gasteiger partial charge in [-0.05, 0) is 11.5 Å². The lowest BCUT2D eigenvalue weighted by Gasteiger charge is -2.22. The molecule has 3 nitrogen and oxygen atoms in total. The summed E-state index contributed by atoms with van der Waals surface area (Å²) in [4.78, 5) is 12.1. The SMILES string of the molecule is CC(C)C(SCc1ccccc1)C(=O)NCC(F)(F)CN.Cl. The van der Waals surface area contributed by atoms with E-state index in [0.29, 0.717) is 5.75 Å². The van der Waals surface area contributed by atoms with Crippen LogP contribution < -0.4 is 11.1 Å². The van der Waals surface area contributed by atoms with E-state index in [0.717, 1.165) is 5.56 Å². The first-order valence-corrected chi connectivity index (χ1v) is 7.92. The molecule has 0 fully saturated rings. The van der Waals surface area contributed by atoms with Crippen molar-refractivity contribution in [2.24, 2.45) is 11.7 Å². The molecule has 0 spiro atoms. The van der Waals surface area contributed by atoms with Gasteiger partial charge in [-0.15, -0.1) is 24.2 Å². The number of carbonyl (C=O) groups is 1. The van der Waals surface area contributed by atoms with Gasteiger partial charge in [-0.1, -0.05) is 44.2 Å². The Bertz CT molecular complexity index is 446. The van der Waals surface area contributed by atoms with Gasteiger partial charge >= 0.3 is 0 Å². The van der Waals surface area contributed by atoms with Crippen molar-refractivity contribution in [1.82, 2.24) is 5.32 Å². The topological polar surface area (TPSA) is 55.1 Å². The number of nitrogens with two attached hydrogens (primary N) is 1. The average molecular weight is 353 g/mol. The van der Waals surface area contributed by atoms with Gasteiger partial charge in [0.05, 0.1) is 18.3 Å². The van der Waals surface area contributed by atoms with E-state index < -0.39 is 19.0 Å². The van der Waals surface area contributed by atoms with Crippen LogP contribution in [0.3, 0.4) is 0 Å². The highest BCUT2D eigenvalue weighted by molar-refractivity contribution is 7.99. The van der Waals surface area contributed by atoms with Gasteiger partial charge in [0, 0.05) is 5.75 Å². The van der Waals surface area contributed by atoms with Crippen LogP contribution in [0, 0.1) is 5.92 Å². The average Bonchev–Trinajstić information content (AvgIpc) is 2.46. The quantitative estimate of drug-likeness (QED) is 0.756. The molecule has 0 aliphatic carbocycles. The molecule has 7 heteroatoms. The fourth-order valence-electron chi connectivity index (χ4n) is 1.72. The molecule has 0 radical (unpaired) electrons. The van der Waals surface area contributed by atoms with E-state index in [1.54, 1.807) is 0 Å². The zero-order valence-electron chi connectivity index (χ0n) is 12.7. The fourth-order valence-corrected chi connectivity index (χ4v) is 2.90. The second-order valence-corrected chi connectivity index (χ2v) is 6.37. The van der Waals surface area contributed by atoms with Gasteiger partial charge in [0.15, 0.2) is 0 Å². The van der Waals surface area contributed by atoms with Crippen LogP contribution in [-0.4, -0.2) is 30.2 Å². The van der Waals surface area contributed by atoms with Gasteiger partial charge in [-0.3, -0.25) is 4.79 Å². The second kappa shape index (κ2) is 10.0. The molecular formula is C15H23ClF2N2OS. The molecule has 0 heterocycles. The Morgan fingerprint density at radius 3 is 2.41 bits per heavy atom.